The van der Waals surface area contributed by atoms with Gasteiger partial charge in [0.05, 0.1) is 18.5 Å². The predicted octanol–water partition coefficient (Wildman–Crippen LogP) is 4.86. The molecule has 0 saturated heterocycles. The van der Waals surface area contributed by atoms with Crippen molar-refractivity contribution < 1.29 is 19.1 Å². The molecule has 164 valence electrons. The van der Waals surface area contributed by atoms with Gasteiger partial charge in [0.1, 0.15) is 11.5 Å². The van der Waals surface area contributed by atoms with Crippen molar-refractivity contribution in [1.29, 1.82) is 0 Å². The minimum Gasteiger partial charge on any atom is -0.494 e. The normalized spacial score (nSPS) is 12.5. The zero-order valence-electron chi connectivity index (χ0n) is 17.9. The lowest BCUT2D eigenvalue weighted by Crippen LogP contribution is -2.18. The standard InChI is InChI=1S/C25H25N3O4/c1-17-4-8-20(9-5-17)32-25-13-7-19(16-26-25)27-23(29)3-2-14-31-21-10-11-22-18(15-21)6-12-24(30)28-22/h4-5,7-11,13,15-16H,2-3,6,12,14H2,1H3,(H,27,29)(H,28,30). The van der Waals surface area contributed by atoms with E-state index in [1.165, 1.54) is 0 Å². The van der Waals surface area contributed by atoms with Crippen molar-refractivity contribution in [2.75, 3.05) is 17.2 Å². The number of ether oxygens (including phenoxy) is 2. The van der Waals surface area contributed by atoms with Gasteiger partial charge >= 0.3 is 0 Å². The number of aromatic nitrogens is 1. The minimum atomic E-state index is -0.101. The molecule has 2 N–H and O–H groups in total. The minimum absolute atomic E-state index is 0.0424. The van der Waals surface area contributed by atoms with Gasteiger partial charge in [0.15, 0.2) is 0 Å². The van der Waals surface area contributed by atoms with Gasteiger partial charge in [0.2, 0.25) is 17.7 Å². The first kappa shape index (κ1) is 21.4. The van der Waals surface area contributed by atoms with Crippen molar-refractivity contribution in [1.82, 2.24) is 4.98 Å². The Morgan fingerprint density at radius 1 is 1.06 bits per heavy atom. The van der Waals surface area contributed by atoms with Gasteiger partial charge in [0, 0.05) is 24.6 Å². The quantitative estimate of drug-likeness (QED) is 0.497. The van der Waals surface area contributed by atoms with Crippen molar-refractivity contribution in [2.24, 2.45) is 0 Å². The summed E-state index contributed by atoms with van der Waals surface area (Å²) in [4.78, 5) is 27.9. The van der Waals surface area contributed by atoms with Crippen LogP contribution in [-0.4, -0.2) is 23.4 Å². The second kappa shape index (κ2) is 9.96. The number of carbonyl (C=O) groups excluding carboxylic acids is 2. The zero-order valence-corrected chi connectivity index (χ0v) is 17.9. The SMILES string of the molecule is Cc1ccc(Oc2ccc(NC(=O)CCCOc3ccc4c(c3)CCC(=O)N4)cn2)cc1. The molecule has 0 bridgehead atoms. The van der Waals surface area contributed by atoms with Gasteiger partial charge in [-0.25, -0.2) is 4.98 Å². The third-order valence-corrected chi connectivity index (χ3v) is 5.05. The Labute approximate surface area is 186 Å². The molecule has 32 heavy (non-hydrogen) atoms. The zero-order chi connectivity index (χ0) is 22.3. The summed E-state index contributed by atoms with van der Waals surface area (Å²) in [7, 11) is 0. The molecule has 1 aromatic heterocycles. The maximum Gasteiger partial charge on any atom is 0.224 e. The maximum absolute atomic E-state index is 12.2. The summed E-state index contributed by atoms with van der Waals surface area (Å²) >= 11 is 0. The number of fused-ring (bicyclic) bond motifs is 1. The number of aryl methyl sites for hydroxylation is 2. The second-order valence-electron chi connectivity index (χ2n) is 7.67. The molecule has 0 unspecified atom stereocenters. The number of pyridine rings is 1. The third-order valence-electron chi connectivity index (χ3n) is 5.05. The lowest BCUT2D eigenvalue weighted by Gasteiger charge is -2.17. The van der Waals surface area contributed by atoms with E-state index in [0.717, 1.165) is 22.6 Å². The van der Waals surface area contributed by atoms with Crippen LogP contribution in [0.4, 0.5) is 11.4 Å². The maximum atomic E-state index is 12.2. The lowest BCUT2D eigenvalue weighted by atomic mass is 10.0. The van der Waals surface area contributed by atoms with Crippen LogP contribution in [0, 0.1) is 6.92 Å². The fourth-order valence-electron chi connectivity index (χ4n) is 3.34. The Morgan fingerprint density at radius 2 is 1.88 bits per heavy atom. The van der Waals surface area contributed by atoms with Crippen molar-refractivity contribution in [3.63, 3.8) is 0 Å². The topological polar surface area (TPSA) is 89.5 Å². The molecule has 2 heterocycles. The van der Waals surface area contributed by atoms with Crippen LogP contribution in [0.25, 0.3) is 0 Å². The smallest absolute Gasteiger partial charge is 0.224 e. The number of hydrogen-bond donors (Lipinski definition) is 2. The molecule has 0 aliphatic carbocycles. The van der Waals surface area contributed by atoms with Crippen molar-refractivity contribution in [2.45, 2.75) is 32.6 Å². The lowest BCUT2D eigenvalue weighted by molar-refractivity contribution is -0.117. The number of carbonyl (C=O) groups is 2. The van der Waals surface area contributed by atoms with Crippen LogP contribution < -0.4 is 20.1 Å². The van der Waals surface area contributed by atoms with Gasteiger partial charge in [-0.2, -0.15) is 0 Å². The molecule has 0 spiro atoms. The van der Waals surface area contributed by atoms with Crippen LogP contribution in [-0.2, 0) is 16.0 Å². The van der Waals surface area contributed by atoms with Crippen molar-refractivity contribution in [3.8, 4) is 17.4 Å². The number of benzene rings is 2. The van der Waals surface area contributed by atoms with Crippen LogP contribution >= 0.6 is 0 Å². The van der Waals surface area contributed by atoms with E-state index in [1.54, 1.807) is 18.3 Å². The Balaban J connectivity index is 1.19. The molecule has 1 aliphatic heterocycles. The summed E-state index contributed by atoms with van der Waals surface area (Å²) < 4.78 is 11.5. The van der Waals surface area contributed by atoms with Gasteiger partial charge in [-0.15, -0.1) is 0 Å². The highest BCUT2D eigenvalue weighted by molar-refractivity contribution is 5.94. The largest absolute Gasteiger partial charge is 0.494 e. The van der Waals surface area contributed by atoms with E-state index in [0.29, 0.717) is 49.6 Å². The highest BCUT2D eigenvalue weighted by atomic mass is 16.5. The monoisotopic (exact) mass is 431 g/mol. The van der Waals surface area contributed by atoms with E-state index in [2.05, 4.69) is 15.6 Å². The molecule has 4 rings (SSSR count). The second-order valence-corrected chi connectivity index (χ2v) is 7.67. The van der Waals surface area contributed by atoms with Crippen LogP contribution in [0.5, 0.6) is 17.4 Å². The number of nitrogens with one attached hydrogen (secondary N) is 2. The fraction of sp³-hybridized carbons (Fsp3) is 0.240. The summed E-state index contributed by atoms with van der Waals surface area (Å²) in [5.41, 5.74) is 3.69. The van der Waals surface area contributed by atoms with Crippen molar-refractivity contribution >= 4 is 23.2 Å². The molecule has 0 radical (unpaired) electrons. The number of anilines is 2. The van der Waals surface area contributed by atoms with E-state index in [9.17, 15) is 9.59 Å². The number of rotatable bonds is 8. The highest BCUT2D eigenvalue weighted by Crippen LogP contribution is 2.27. The molecule has 1 aliphatic rings. The summed E-state index contributed by atoms with van der Waals surface area (Å²) in [6.07, 6.45) is 3.70. The predicted molar refractivity (Wildman–Crippen MR) is 122 cm³/mol. The molecule has 2 aromatic carbocycles. The molecule has 7 heteroatoms. The van der Waals surface area contributed by atoms with E-state index < -0.39 is 0 Å². The first-order valence-corrected chi connectivity index (χ1v) is 10.6. The highest BCUT2D eigenvalue weighted by Gasteiger charge is 2.15. The van der Waals surface area contributed by atoms with Gasteiger partial charge in [-0.05, 0) is 61.7 Å². The van der Waals surface area contributed by atoms with Crippen LogP contribution in [0.3, 0.4) is 0 Å². The molecule has 0 fully saturated rings. The molecular formula is C25H25N3O4. The van der Waals surface area contributed by atoms with Crippen LogP contribution in [0.1, 0.15) is 30.4 Å². The molecular weight excluding hydrogens is 406 g/mol. The molecule has 3 aromatic rings. The summed E-state index contributed by atoms with van der Waals surface area (Å²) in [5.74, 6) is 1.86. The number of amides is 2. The summed E-state index contributed by atoms with van der Waals surface area (Å²) in [6.45, 7) is 2.45. The first-order chi connectivity index (χ1) is 15.5. The first-order valence-electron chi connectivity index (χ1n) is 10.6. The number of nitrogens with zero attached hydrogens (tertiary/aromatic N) is 1. The van der Waals surface area contributed by atoms with Crippen LogP contribution in [0.15, 0.2) is 60.8 Å². The van der Waals surface area contributed by atoms with Crippen LogP contribution in [0.2, 0.25) is 0 Å². The Kier molecular flexibility index (Phi) is 6.65. The molecule has 7 nitrogen and oxygen atoms in total. The van der Waals surface area contributed by atoms with E-state index in [4.69, 9.17) is 9.47 Å². The molecule has 0 saturated carbocycles. The van der Waals surface area contributed by atoms with Gasteiger partial charge in [0.25, 0.3) is 0 Å². The van der Waals surface area contributed by atoms with E-state index >= 15 is 0 Å². The van der Waals surface area contributed by atoms with Gasteiger partial charge in [-0.3, -0.25) is 9.59 Å². The Bertz CT molecular complexity index is 1100. The molecule has 2 amide bonds. The summed E-state index contributed by atoms with van der Waals surface area (Å²) in [5, 5.41) is 5.68. The Hall–Kier alpha value is -3.87. The third kappa shape index (κ3) is 5.85. The molecule has 0 atom stereocenters. The van der Waals surface area contributed by atoms with E-state index in [-0.39, 0.29) is 11.8 Å². The summed E-state index contributed by atoms with van der Waals surface area (Å²) in [6, 6.07) is 16.8. The average Bonchev–Trinajstić information content (AvgIpc) is 2.79. The van der Waals surface area contributed by atoms with Crippen molar-refractivity contribution in [3.05, 3.63) is 71.9 Å². The van der Waals surface area contributed by atoms with E-state index in [1.807, 2.05) is 49.4 Å². The van der Waals surface area contributed by atoms with Gasteiger partial charge < -0.3 is 20.1 Å². The Morgan fingerprint density at radius 3 is 2.66 bits per heavy atom. The van der Waals surface area contributed by atoms with Gasteiger partial charge in [-0.1, -0.05) is 17.7 Å². The average molecular weight is 431 g/mol. The number of hydrogen-bond acceptors (Lipinski definition) is 5. The fourth-order valence-corrected chi connectivity index (χ4v) is 3.34.